The van der Waals surface area contributed by atoms with E-state index in [9.17, 15) is 4.79 Å². The predicted molar refractivity (Wildman–Crippen MR) is 85.9 cm³/mol. The summed E-state index contributed by atoms with van der Waals surface area (Å²) >= 11 is 0. The zero-order chi connectivity index (χ0) is 16.1. The number of nitrogens with zero attached hydrogens (tertiary/aromatic N) is 2. The molecule has 1 unspecified atom stereocenters. The molecule has 2 aromatic rings. The fraction of sp³-hybridized carbons (Fsp3) is 0.412. The van der Waals surface area contributed by atoms with Gasteiger partial charge in [0.2, 0.25) is 0 Å². The molecule has 1 amide bonds. The van der Waals surface area contributed by atoms with Gasteiger partial charge in [0, 0.05) is 17.8 Å². The number of carbonyl (C=O) groups is 1. The van der Waals surface area contributed by atoms with Crippen molar-refractivity contribution >= 4 is 5.91 Å². The Kier molecular flexibility index (Phi) is 5.20. The molecule has 0 radical (unpaired) electrons. The van der Waals surface area contributed by atoms with E-state index in [4.69, 9.17) is 4.74 Å². The number of ether oxygens (including phenoxy) is 1. The lowest BCUT2D eigenvalue weighted by Gasteiger charge is -2.15. The van der Waals surface area contributed by atoms with E-state index >= 15 is 0 Å². The van der Waals surface area contributed by atoms with Gasteiger partial charge >= 0.3 is 0 Å². The Morgan fingerprint density at radius 3 is 2.73 bits per heavy atom. The fourth-order valence-corrected chi connectivity index (χ4v) is 2.43. The molecule has 0 aliphatic rings. The number of hydrogen-bond acceptors (Lipinski definition) is 3. The van der Waals surface area contributed by atoms with Crippen LogP contribution >= 0.6 is 0 Å². The van der Waals surface area contributed by atoms with Gasteiger partial charge in [0.25, 0.3) is 5.91 Å². The Bertz CT molecular complexity index is 649. The van der Waals surface area contributed by atoms with Crippen LogP contribution in [0.5, 0.6) is 5.75 Å². The maximum absolute atomic E-state index is 12.0. The molecule has 1 atom stereocenters. The lowest BCUT2D eigenvalue weighted by atomic mass is 10.1. The first-order valence-corrected chi connectivity index (χ1v) is 7.53. The molecule has 5 heteroatoms. The van der Waals surface area contributed by atoms with Crippen LogP contribution in [0.1, 0.15) is 36.7 Å². The number of benzene rings is 1. The minimum Gasteiger partial charge on any atom is -0.484 e. The average Bonchev–Trinajstić information content (AvgIpc) is 2.87. The van der Waals surface area contributed by atoms with Gasteiger partial charge in [0.1, 0.15) is 5.75 Å². The van der Waals surface area contributed by atoms with Gasteiger partial charge in [-0.25, -0.2) is 0 Å². The number of aryl methyl sites for hydroxylation is 2. The minimum atomic E-state index is -0.139. The Hall–Kier alpha value is -2.30. The molecule has 0 aliphatic heterocycles. The van der Waals surface area contributed by atoms with Crippen molar-refractivity contribution in [2.45, 2.75) is 40.3 Å². The van der Waals surface area contributed by atoms with Gasteiger partial charge in [-0.05, 0) is 39.3 Å². The normalized spacial score (nSPS) is 12.0. The largest absolute Gasteiger partial charge is 0.484 e. The molecule has 0 spiro atoms. The Labute approximate surface area is 131 Å². The second kappa shape index (κ2) is 7.11. The van der Waals surface area contributed by atoms with Crippen LogP contribution in [-0.4, -0.2) is 22.3 Å². The standard InChI is InChI=1S/C17H23N3O2/c1-5-20-14(4)15(10-18-20)13(3)19-17(21)11-22-16-9-7-6-8-12(16)2/h6-10,13H,5,11H2,1-4H3,(H,19,21). The van der Waals surface area contributed by atoms with E-state index < -0.39 is 0 Å². The van der Waals surface area contributed by atoms with Crippen LogP contribution in [-0.2, 0) is 11.3 Å². The second-order valence-electron chi connectivity index (χ2n) is 5.34. The van der Waals surface area contributed by atoms with Crippen molar-refractivity contribution in [1.29, 1.82) is 0 Å². The van der Waals surface area contributed by atoms with Crippen molar-refractivity contribution in [2.75, 3.05) is 6.61 Å². The van der Waals surface area contributed by atoms with E-state index in [-0.39, 0.29) is 18.6 Å². The first-order valence-electron chi connectivity index (χ1n) is 7.53. The highest BCUT2D eigenvalue weighted by Gasteiger charge is 2.15. The van der Waals surface area contributed by atoms with Crippen LogP contribution in [0.4, 0.5) is 0 Å². The first kappa shape index (κ1) is 16.1. The topological polar surface area (TPSA) is 56.2 Å². The smallest absolute Gasteiger partial charge is 0.258 e. The number of para-hydroxylation sites is 1. The van der Waals surface area contributed by atoms with Crippen molar-refractivity contribution in [3.8, 4) is 5.75 Å². The highest BCUT2D eigenvalue weighted by molar-refractivity contribution is 5.78. The quantitative estimate of drug-likeness (QED) is 0.892. The molecule has 1 aromatic heterocycles. The molecule has 0 saturated carbocycles. The summed E-state index contributed by atoms with van der Waals surface area (Å²) in [6.07, 6.45) is 1.81. The molecule has 2 rings (SSSR count). The van der Waals surface area contributed by atoms with Gasteiger partial charge in [0.05, 0.1) is 12.2 Å². The lowest BCUT2D eigenvalue weighted by Crippen LogP contribution is -2.31. The number of nitrogens with one attached hydrogen (secondary N) is 1. The van der Waals surface area contributed by atoms with E-state index in [1.54, 1.807) is 0 Å². The van der Waals surface area contributed by atoms with Gasteiger partial charge in [-0.3, -0.25) is 9.48 Å². The molecule has 0 fully saturated rings. The van der Waals surface area contributed by atoms with Crippen LogP contribution in [0.3, 0.4) is 0 Å². The predicted octanol–water partition coefficient (Wildman–Crippen LogP) is 2.78. The number of rotatable bonds is 6. The molecule has 1 heterocycles. The maximum atomic E-state index is 12.0. The zero-order valence-electron chi connectivity index (χ0n) is 13.6. The number of hydrogen-bond donors (Lipinski definition) is 1. The van der Waals surface area contributed by atoms with Crippen molar-refractivity contribution in [2.24, 2.45) is 0 Å². The molecule has 0 bridgehead atoms. The molecule has 1 aromatic carbocycles. The second-order valence-corrected chi connectivity index (χ2v) is 5.34. The van der Waals surface area contributed by atoms with Gasteiger partial charge in [-0.1, -0.05) is 18.2 Å². The summed E-state index contributed by atoms with van der Waals surface area (Å²) in [5, 5.41) is 7.25. The van der Waals surface area contributed by atoms with Crippen LogP contribution in [0, 0.1) is 13.8 Å². The van der Waals surface area contributed by atoms with Gasteiger partial charge in [-0.15, -0.1) is 0 Å². The minimum absolute atomic E-state index is 0.0101. The molecular weight excluding hydrogens is 278 g/mol. The SMILES string of the molecule is CCn1ncc(C(C)NC(=O)COc2ccccc2C)c1C. The Morgan fingerprint density at radius 2 is 2.09 bits per heavy atom. The number of amides is 1. The van der Waals surface area contributed by atoms with Crippen LogP contribution in [0.25, 0.3) is 0 Å². The Morgan fingerprint density at radius 1 is 1.36 bits per heavy atom. The number of carbonyl (C=O) groups excluding carboxylic acids is 1. The van der Waals surface area contributed by atoms with E-state index in [2.05, 4.69) is 10.4 Å². The van der Waals surface area contributed by atoms with E-state index in [1.165, 1.54) is 0 Å². The molecular formula is C17H23N3O2. The van der Waals surface area contributed by atoms with Crippen molar-refractivity contribution in [1.82, 2.24) is 15.1 Å². The van der Waals surface area contributed by atoms with Crippen LogP contribution in [0.2, 0.25) is 0 Å². The maximum Gasteiger partial charge on any atom is 0.258 e. The summed E-state index contributed by atoms with van der Waals surface area (Å²) in [5.74, 6) is 0.597. The highest BCUT2D eigenvalue weighted by atomic mass is 16.5. The summed E-state index contributed by atoms with van der Waals surface area (Å²) in [6.45, 7) is 8.80. The molecule has 118 valence electrons. The third-order valence-electron chi connectivity index (χ3n) is 3.74. The zero-order valence-corrected chi connectivity index (χ0v) is 13.6. The Balaban J connectivity index is 1.91. The summed E-state index contributed by atoms with van der Waals surface area (Å²) in [6, 6.07) is 7.57. The van der Waals surface area contributed by atoms with Crippen molar-refractivity contribution in [3.05, 3.63) is 47.3 Å². The molecule has 1 N–H and O–H groups in total. The summed E-state index contributed by atoms with van der Waals surface area (Å²) in [7, 11) is 0. The molecule has 0 aliphatic carbocycles. The molecule has 5 nitrogen and oxygen atoms in total. The van der Waals surface area contributed by atoms with E-state index in [0.29, 0.717) is 0 Å². The summed E-state index contributed by atoms with van der Waals surface area (Å²) < 4.78 is 7.48. The lowest BCUT2D eigenvalue weighted by molar-refractivity contribution is -0.123. The first-order chi connectivity index (χ1) is 10.5. The number of aromatic nitrogens is 2. The summed E-state index contributed by atoms with van der Waals surface area (Å²) in [4.78, 5) is 12.0. The average molecular weight is 301 g/mol. The van der Waals surface area contributed by atoms with Gasteiger partial charge in [0.15, 0.2) is 6.61 Å². The highest BCUT2D eigenvalue weighted by Crippen LogP contribution is 2.18. The monoisotopic (exact) mass is 301 g/mol. The van der Waals surface area contributed by atoms with Crippen molar-refractivity contribution < 1.29 is 9.53 Å². The molecule has 22 heavy (non-hydrogen) atoms. The van der Waals surface area contributed by atoms with Gasteiger partial charge in [-0.2, -0.15) is 5.10 Å². The van der Waals surface area contributed by atoms with E-state index in [0.717, 1.165) is 29.1 Å². The fourth-order valence-electron chi connectivity index (χ4n) is 2.43. The van der Waals surface area contributed by atoms with Gasteiger partial charge < -0.3 is 10.1 Å². The third-order valence-corrected chi connectivity index (χ3v) is 3.74. The van der Waals surface area contributed by atoms with E-state index in [1.807, 2.05) is 62.8 Å². The molecule has 0 saturated heterocycles. The van der Waals surface area contributed by atoms with Crippen LogP contribution < -0.4 is 10.1 Å². The third kappa shape index (κ3) is 3.67. The van der Waals surface area contributed by atoms with Crippen molar-refractivity contribution in [3.63, 3.8) is 0 Å². The summed E-state index contributed by atoms with van der Waals surface area (Å²) in [5.41, 5.74) is 3.13. The van der Waals surface area contributed by atoms with Crippen LogP contribution in [0.15, 0.2) is 30.5 Å².